The Morgan fingerprint density at radius 3 is 2.35 bits per heavy atom. The van der Waals surface area contributed by atoms with Gasteiger partial charge in [0.15, 0.2) is 22.8 Å². The van der Waals surface area contributed by atoms with Crippen molar-refractivity contribution in [1.29, 1.82) is 0 Å². The average Bonchev–Trinajstić information content (AvgIpc) is 3.30. The number of hydrogen-bond acceptors (Lipinski definition) is 6. The number of anilines is 3. The zero-order valence-electron chi connectivity index (χ0n) is 19.4. The number of carbonyl (C=O) groups is 1. The van der Waals surface area contributed by atoms with Crippen molar-refractivity contribution in [3.63, 3.8) is 0 Å². The molecule has 8 nitrogen and oxygen atoms in total. The van der Waals surface area contributed by atoms with Gasteiger partial charge in [0.25, 0.3) is 0 Å². The number of benzene rings is 2. The second-order valence-corrected chi connectivity index (χ2v) is 8.62. The number of methoxy groups -OCH3 is 1. The van der Waals surface area contributed by atoms with Crippen LogP contribution in [0.2, 0.25) is 0 Å². The van der Waals surface area contributed by atoms with Gasteiger partial charge in [0.2, 0.25) is 5.91 Å². The number of carbonyl (C=O) groups excluding carboxylic acids is 1. The number of nitrogens with one attached hydrogen (secondary N) is 2. The summed E-state index contributed by atoms with van der Waals surface area (Å²) >= 11 is 0. The summed E-state index contributed by atoms with van der Waals surface area (Å²) in [5.41, 5.74) is 4.08. The minimum absolute atomic E-state index is 0.101. The highest BCUT2D eigenvalue weighted by Crippen LogP contribution is 2.33. The third kappa shape index (κ3) is 4.57. The van der Waals surface area contributed by atoms with Gasteiger partial charge in [0, 0.05) is 29.9 Å². The smallest absolute Gasteiger partial charge is 0.221 e. The van der Waals surface area contributed by atoms with Crippen LogP contribution in [0.3, 0.4) is 0 Å². The largest absolute Gasteiger partial charge is 0.497 e. The molecule has 1 saturated carbocycles. The maximum Gasteiger partial charge on any atom is 0.221 e. The first-order valence-electron chi connectivity index (χ1n) is 11.6. The van der Waals surface area contributed by atoms with E-state index in [1.165, 1.54) is 26.2 Å². The first kappa shape index (κ1) is 21.9. The molecular formula is C26H28N6O2. The van der Waals surface area contributed by atoms with E-state index >= 15 is 0 Å². The Kier molecular flexibility index (Phi) is 6.12. The van der Waals surface area contributed by atoms with Crippen LogP contribution in [-0.4, -0.2) is 32.5 Å². The van der Waals surface area contributed by atoms with E-state index in [-0.39, 0.29) is 5.91 Å². The first-order chi connectivity index (χ1) is 16.6. The summed E-state index contributed by atoms with van der Waals surface area (Å²) in [6.45, 7) is 1.49. The molecule has 1 aliphatic carbocycles. The van der Waals surface area contributed by atoms with E-state index in [1.54, 1.807) is 7.11 Å². The lowest BCUT2D eigenvalue weighted by molar-refractivity contribution is -0.114. The summed E-state index contributed by atoms with van der Waals surface area (Å²) < 4.78 is 7.52. The molecule has 2 aromatic carbocycles. The molecule has 2 heterocycles. The van der Waals surface area contributed by atoms with Crippen LogP contribution in [-0.2, 0) is 4.79 Å². The average molecular weight is 457 g/mol. The van der Waals surface area contributed by atoms with E-state index in [9.17, 15) is 4.79 Å². The summed E-state index contributed by atoms with van der Waals surface area (Å²) in [5, 5.41) is 6.20. The minimum atomic E-state index is -0.101. The molecule has 0 unspecified atom stereocenters. The normalized spacial score (nSPS) is 14.2. The van der Waals surface area contributed by atoms with Crippen molar-refractivity contribution in [2.24, 2.45) is 0 Å². The molecule has 0 saturated heterocycles. The van der Waals surface area contributed by atoms with Gasteiger partial charge in [-0.3, -0.25) is 4.79 Å². The lowest BCUT2D eigenvalue weighted by atomic mass is 9.95. The van der Waals surface area contributed by atoms with Crippen molar-refractivity contribution in [1.82, 2.24) is 19.5 Å². The fraction of sp³-hybridized carbons (Fsp3) is 0.308. The predicted molar refractivity (Wildman–Crippen MR) is 133 cm³/mol. The van der Waals surface area contributed by atoms with Crippen molar-refractivity contribution in [3.8, 4) is 17.1 Å². The number of hydrogen-bond donors (Lipinski definition) is 2. The van der Waals surface area contributed by atoms with Crippen LogP contribution < -0.4 is 15.4 Å². The highest BCUT2D eigenvalue weighted by Gasteiger charge is 2.21. The van der Waals surface area contributed by atoms with E-state index in [0.717, 1.165) is 46.7 Å². The Morgan fingerprint density at radius 2 is 1.68 bits per heavy atom. The quantitative estimate of drug-likeness (QED) is 0.386. The fourth-order valence-corrected chi connectivity index (χ4v) is 4.48. The molecule has 0 aliphatic heterocycles. The van der Waals surface area contributed by atoms with Crippen LogP contribution in [0, 0.1) is 0 Å². The summed E-state index contributed by atoms with van der Waals surface area (Å²) in [6, 6.07) is 15.7. The van der Waals surface area contributed by atoms with Gasteiger partial charge in [-0.1, -0.05) is 19.3 Å². The number of ether oxygens (including phenoxy) is 1. The van der Waals surface area contributed by atoms with Crippen molar-refractivity contribution in [3.05, 3.63) is 54.9 Å². The maximum absolute atomic E-state index is 11.3. The summed E-state index contributed by atoms with van der Waals surface area (Å²) in [6.07, 6.45) is 7.93. The van der Waals surface area contributed by atoms with Gasteiger partial charge in [0.05, 0.1) is 13.4 Å². The molecule has 2 N–H and O–H groups in total. The number of amides is 1. The summed E-state index contributed by atoms with van der Waals surface area (Å²) in [7, 11) is 1.65. The Labute approximate surface area is 198 Å². The van der Waals surface area contributed by atoms with Crippen molar-refractivity contribution in [2.75, 3.05) is 17.7 Å². The molecule has 0 atom stereocenters. The van der Waals surface area contributed by atoms with Gasteiger partial charge in [-0.25, -0.2) is 15.0 Å². The van der Waals surface area contributed by atoms with E-state index < -0.39 is 0 Å². The summed E-state index contributed by atoms with van der Waals surface area (Å²) in [4.78, 5) is 25.8. The molecule has 1 fully saturated rings. The second kappa shape index (κ2) is 9.51. The van der Waals surface area contributed by atoms with E-state index in [0.29, 0.717) is 17.7 Å². The third-order valence-electron chi connectivity index (χ3n) is 6.21. The molecule has 0 spiro atoms. The second-order valence-electron chi connectivity index (χ2n) is 8.62. The highest BCUT2D eigenvalue weighted by atomic mass is 16.5. The van der Waals surface area contributed by atoms with Crippen LogP contribution in [0.4, 0.5) is 17.2 Å². The molecular weight excluding hydrogens is 428 g/mol. The maximum atomic E-state index is 11.3. The number of imidazole rings is 1. The molecule has 174 valence electrons. The monoisotopic (exact) mass is 456 g/mol. The van der Waals surface area contributed by atoms with Crippen LogP contribution >= 0.6 is 0 Å². The van der Waals surface area contributed by atoms with Gasteiger partial charge in [-0.2, -0.15) is 0 Å². The Morgan fingerprint density at radius 1 is 0.971 bits per heavy atom. The van der Waals surface area contributed by atoms with E-state index in [1.807, 2.05) is 54.9 Å². The summed E-state index contributed by atoms with van der Waals surface area (Å²) in [5.74, 6) is 1.97. The number of aromatic nitrogens is 4. The topological polar surface area (TPSA) is 94.0 Å². The predicted octanol–water partition coefficient (Wildman–Crippen LogP) is 5.71. The zero-order valence-corrected chi connectivity index (χ0v) is 19.4. The minimum Gasteiger partial charge on any atom is -0.497 e. The van der Waals surface area contributed by atoms with Crippen molar-refractivity contribution in [2.45, 2.75) is 45.1 Å². The molecule has 8 heteroatoms. The van der Waals surface area contributed by atoms with E-state index in [4.69, 9.17) is 19.7 Å². The molecule has 0 radical (unpaired) electrons. The number of nitrogens with zero attached hydrogens (tertiary/aromatic N) is 4. The lowest BCUT2D eigenvalue weighted by Gasteiger charge is -2.23. The number of fused-ring (bicyclic) bond motifs is 1. The number of rotatable bonds is 6. The third-order valence-corrected chi connectivity index (χ3v) is 6.21. The van der Waals surface area contributed by atoms with Crippen molar-refractivity contribution >= 4 is 34.3 Å². The zero-order chi connectivity index (χ0) is 23.5. The first-order valence-corrected chi connectivity index (χ1v) is 11.6. The van der Waals surface area contributed by atoms with Crippen molar-refractivity contribution < 1.29 is 9.53 Å². The van der Waals surface area contributed by atoms with Gasteiger partial charge >= 0.3 is 0 Å². The van der Waals surface area contributed by atoms with Gasteiger partial charge < -0.3 is 19.9 Å². The van der Waals surface area contributed by atoms with Crippen LogP contribution in [0.1, 0.15) is 45.1 Å². The molecule has 34 heavy (non-hydrogen) atoms. The van der Waals surface area contributed by atoms with Crippen LogP contribution in [0.15, 0.2) is 54.9 Å². The highest BCUT2D eigenvalue weighted by molar-refractivity contribution is 5.90. The molecule has 0 bridgehead atoms. The van der Waals surface area contributed by atoms with Gasteiger partial charge in [0.1, 0.15) is 5.75 Å². The fourth-order valence-electron chi connectivity index (χ4n) is 4.48. The Hall–Kier alpha value is -3.94. The van der Waals surface area contributed by atoms with Gasteiger partial charge in [-0.15, -0.1) is 0 Å². The van der Waals surface area contributed by atoms with Gasteiger partial charge in [-0.05, 0) is 61.4 Å². The van der Waals surface area contributed by atoms with E-state index in [2.05, 4.69) is 15.2 Å². The Bertz CT molecular complexity index is 1290. The Balaban J connectivity index is 1.56. The molecule has 1 amide bonds. The molecule has 2 aromatic heterocycles. The molecule has 4 aromatic rings. The molecule has 5 rings (SSSR count). The standard InChI is InChI=1S/C26H28N6O2/c1-17(33)28-19-10-12-20(13-11-19)29-25-23-26(32(16-27-23)21-6-4-3-5-7-21)31-24(30-25)18-8-14-22(34-2)15-9-18/h8-16,21H,3-7H2,1-2H3,(H,28,33)(H,29,30,31). The SMILES string of the molecule is COc1ccc(-c2nc(Nc3ccc(NC(C)=O)cc3)c3ncn(C4CCCCC4)c3n2)cc1. The van der Waals surface area contributed by atoms with Crippen LogP contribution in [0.5, 0.6) is 5.75 Å². The lowest BCUT2D eigenvalue weighted by Crippen LogP contribution is -2.12. The van der Waals surface area contributed by atoms with Crippen LogP contribution in [0.25, 0.3) is 22.6 Å². The molecule has 1 aliphatic rings.